The molecule has 3 aromatic rings. The molecule has 6 nitrogen and oxygen atoms in total. The predicted octanol–water partition coefficient (Wildman–Crippen LogP) is 3.85. The number of nitrogens with zero attached hydrogens (tertiary/aromatic N) is 1. The maximum absolute atomic E-state index is 12.1. The molecular weight excluding hydrogens is 366 g/mol. The van der Waals surface area contributed by atoms with E-state index in [9.17, 15) is 9.59 Å². The molecule has 136 valence electrons. The van der Waals surface area contributed by atoms with Gasteiger partial charge in [0.1, 0.15) is 17.3 Å². The van der Waals surface area contributed by atoms with Crippen molar-refractivity contribution in [1.82, 2.24) is 10.3 Å². The van der Waals surface area contributed by atoms with E-state index in [1.807, 2.05) is 12.1 Å². The Balaban J connectivity index is 1.60. The van der Waals surface area contributed by atoms with Gasteiger partial charge in [0, 0.05) is 24.4 Å². The zero-order chi connectivity index (χ0) is 19.2. The number of aromatic nitrogens is 1. The number of aldehydes is 1. The number of nitrogen functional groups attached to an aromatic ring is 1. The fourth-order valence-electron chi connectivity index (χ4n) is 2.37. The lowest BCUT2D eigenvalue weighted by Crippen LogP contribution is -2.24. The first-order valence-electron chi connectivity index (χ1n) is 8.07. The van der Waals surface area contributed by atoms with Crippen LogP contribution in [0.25, 0.3) is 0 Å². The highest BCUT2D eigenvalue weighted by Crippen LogP contribution is 2.26. The van der Waals surface area contributed by atoms with Gasteiger partial charge in [0.05, 0.1) is 10.6 Å². The number of halogens is 1. The van der Waals surface area contributed by atoms with Crippen molar-refractivity contribution < 1.29 is 14.3 Å². The van der Waals surface area contributed by atoms with Gasteiger partial charge >= 0.3 is 0 Å². The molecule has 1 heterocycles. The van der Waals surface area contributed by atoms with Crippen LogP contribution in [0, 0.1) is 0 Å². The van der Waals surface area contributed by atoms with E-state index < -0.39 is 0 Å². The summed E-state index contributed by atoms with van der Waals surface area (Å²) in [6, 6.07) is 15.4. The van der Waals surface area contributed by atoms with E-state index in [4.69, 9.17) is 22.1 Å². The molecule has 0 spiro atoms. The van der Waals surface area contributed by atoms with E-state index in [1.54, 1.807) is 42.5 Å². The summed E-state index contributed by atoms with van der Waals surface area (Å²) < 4.78 is 5.71. The molecule has 2 aromatic carbocycles. The molecule has 3 rings (SSSR count). The Kier molecular flexibility index (Phi) is 5.68. The van der Waals surface area contributed by atoms with Crippen LogP contribution in [0.2, 0.25) is 5.02 Å². The van der Waals surface area contributed by atoms with Crippen molar-refractivity contribution in [2.24, 2.45) is 0 Å². The minimum atomic E-state index is -0.286. The van der Waals surface area contributed by atoms with Crippen molar-refractivity contribution in [3.05, 3.63) is 82.5 Å². The van der Waals surface area contributed by atoms with Gasteiger partial charge in [-0.15, -0.1) is 0 Å². The molecule has 0 saturated heterocycles. The van der Waals surface area contributed by atoms with Gasteiger partial charge in [-0.3, -0.25) is 9.59 Å². The second-order valence-corrected chi connectivity index (χ2v) is 6.07. The molecule has 0 unspecified atom stereocenters. The standard InChI is InChI=1S/C20H16ClN3O3/c21-18-10-16(8-5-14(18)12-25)27-15-6-3-13(4-7-15)11-24-20(26)17-2-1-9-23-19(17)22/h1-10,12H,11H2,(H2,22,23)(H,24,26). The molecule has 1 aromatic heterocycles. The molecule has 1 amide bonds. The van der Waals surface area contributed by atoms with Crippen LogP contribution in [-0.2, 0) is 6.54 Å². The number of benzene rings is 2. The van der Waals surface area contributed by atoms with E-state index in [0.717, 1.165) is 5.56 Å². The summed E-state index contributed by atoms with van der Waals surface area (Å²) in [4.78, 5) is 26.8. The van der Waals surface area contributed by atoms with E-state index in [-0.39, 0.29) is 11.7 Å². The van der Waals surface area contributed by atoms with Gasteiger partial charge in [0.25, 0.3) is 5.91 Å². The van der Waals surface area contributed by atoms with E-state index in [0.29, 0.717) is 40.5 Å². The van der Waals surface area contributed by atoms with Crippen LogP contribution in [0.15, 0.2) is 60.8 Å². The molecule has 0 atom stereocenters. The minimum absolute atomic E-state index is 0.193. The Hall–Kier alpha value is -3.38. The highest BCUT2D eigenvalue weighted by Gasteiger charge is 2.09. The number of hydrogen-bond acceptors (Lipinski definition) is 5. The second kappa shape index (κ2) is 8.33. The lowest BCUT2D eigenvalue weighted by Gasteiger charge is -2.09. The summed E-state index contributed by atoms with van der Waals surface area (Å²) in [6.07, 6.45) is 2.22. The van der Waals surface area contributed by atoms with Crippen LogP contribution in [0.1, 0.15) is 26.3 Å². The van der Waals surface area contributed by atoms with Gasteiger partial charge in [-0.05, 0) is 42.0 Å². The van der Waals surface area contributed by atoms with Crippen LogP contribution in [0.3, 0.4) is 0 Å². The lowest BCUT2D eigenvalue weighted by molar-refractivity contribution is 0.0951. The Labute approximate surface area is 160 Å². The Morgan fingerprint density at radius 3 is 2.56 bits per heavy atom. The van der Waals surface area contributed by atoms with Crippen LogP contribution in [0.4, 0.5) is 5.82 Å². The van der Waals surface area contributed by atoms with Crippen molar-refractivity contribution in [1.29, 1.82) is 0 Å². The highest BCUT2D eigenvalue weighted by atomic mass is 35.5. The van der Waals surface area contributed by atoms with Gasteiger partial charge in [-0.25, -0.2) is 4.98 Å². The van der Waals surface area contributed by atoms with Crippen molar-refractivity contribution in [3.8, 4) is 11.5 Å². The second-order valence-electron chi connectivity index (χ2n) is 5.67. The quantitative estimate of drug-likeness (QED) is 0.632. The lowest BCUT2D eigenvalue weighted by atomic mass is 10.2. The number of hydrogen-bond donors (Lipinski definition) is 2. The number of pyridine rings is 1. The number of carbonyl (C=O) groups excluding carboxylic acids is 2. The maximum atomic E-state index is 12.1. The largest absolute Gasteiger partial charge is 0.457 e. The van der Waals surface area contributed by atoms with Gasteiger partial charge in [0.15, 0.2) is 6.29 Å². The number of anilines is 1. The molecule has 0 fully saturated rings. The van der Waals surface area contributed by atoms with Crippen molar-refractivity contribution in [2.75, 3.05) is 5.73 Å². The maximum Gasteiger partial charge on any atom is 0.255 e. The van der Waals surface area contributed by atoms with Crippen molar-refractivity contribution in [3.63, 3.8) is 0 Å². The Morgan fingerprint density at radius 2 is 1.89 bits per heavy atom. The smallest absolute Gasteiger partial charge is 0.255 e. The van der Waals surface area contributed by atoms with Gasteiger partial charge in [-0.1, -0.05) is 23.7 Å². The van der Waals surface area contributed by atoms with Gasteiger partial charge in [-0.2, -0.15) is 0 Å². The fraction of sp³-hybridized carbons (Fsp3) is 0.0500. The molecule has 7 heteroatoms. The van der Waals surface area contributed by atoms with E-state index >= 15 is 0 Å². The number of amides is 1. The third kappa shape index (κ3) is 4.62. The fourth-order valence-corrected chi connectivity index (χ4v) is 2.58. The van der Waals surface area contributed by atoms with Crippen LogP contribution < -0.4 is 15.8 Å². The molecule has 3 N–H and O–H groups in total. The summed E-state index contributed by atoms with van der Waals surface area (Å²) in [6.45, 7) is 0.341. The monoisotopic (exact) mass is 381 g/mol. The molecule has 27 heavy (non-hydrogen) atoms. The zero-order valence-corrected chi connectivity index (χ0v) is 14.9. The van der Waals surface area contributed by atoms with Crippen LogP contribution in [0.5, 0.6) is 11.5 Å². The summed E-state index contributed by atoms with van der Waals surface area (Å²) in [5, 5.41) is 3.13. The number of nitrogens with one attached hydrogen (secondary N) is 1. The third-order valence-electron chi connectivity index (χ3n) is 3.79. The first-order valence-corrected chi connectivity index (χ1v) is 8.45. The van der Waals surface area contributed by atoms with Crippen LogP contribution in [-0.4, -0.2) is 17.2 Å². The zero-order valence-electron chi connectivity index (χ0n) is 14.2. The average molecular weight is 382 g/mol. The summed E-state index contributed by atoms with van der Waals surface area (Å²) in [7, 11) is 0. The molecular formula is C20H16ClN3O3. The first-order chi connectivity index (χ1) is 13.1. The minimum Gasteiger partial charge on any atom is -0.457 e. The van der Waals surface area contributed by atoms with E-state index in [2.05, 4.69) is 10.3 Å². The number of nitrogens with two attached hydrogens (primary N) is 1. The molecule has 0 aliphatic heterocycles. The Bertz CT molecular complexity index is 974. The first kappa shape index (κ1) is 18.4. The Morgan fingerprint density at radius 1 is 1.15 bits per heavy atom. The summed E-state index contributed by atoms with van der Waals surface area (Å²) in [5.41, 5.74) is 7.34. The molecule has 0 aliphatic carbocycles. The third-order valence-corrected chi connectivity index (χ3v) is 4.12. The highest BCUT2D eigenvalue weighted by molar-refractivity contribution is 6.33. The average Bonchev–Trinajstić information content (AvgIpc) is 2.68. The summed E-state index contributed by atoms with van der Waals surface area (Å²) in [5.74, 6) is 1.04. The normalized spacial score (nSPS) is 10.3. The number of carbonyl (C=O) groups is 2. The SMILES string of the molecule is Nc1ncccc1C(=O)NCc1ccc(Oc2ccc(C=O)c(Cl)c2)cc1. The summed E-state index contributed by atoms with van der Waals surface area (Å²) >= 11 is 5.99. The van der Waals surface area contributed by atoms with E-state index in [1.165, 1.54) is 6.20 Å². The molecule has 0 aliphatic rings. The number of ether oxygens (including phenoxy) is 1. The van der Waals surface area contributed by atoms with Crippen molar-refractivity contribution >= 4 is 29.6 Å². The van der Waals surface area contributed by atoms with Gasteiger partial charge < -0.3 is 15.8 Å². The van der Waals surface area contributed by atoms with Crippen molar-refractivity contribution in [2.45, 2.75) is 6.54 Å². The molecule has 0 radical (unpaired) electrons. The topological polar surface area (TPSA) is 94.3 Å². The molecule has 0 bridgehead atoms. The molecule has 0 saturated carbocycles. The predicted molar refractivity (Wildman–Crippen MR) is 103 cm³/mol. The van der Waals surface area contributed by atoms with Gasteiger partial charge in [0.2, 0.25) is 0 Å². The number of rotatable bonds is 6. The van der Waals surface area contributed by atoms with Crippen LogP contribution >= 0.6 is 11.6 Å².